The number of nitrogens with zero attached hydrogens (tertiary/aromatic N) is 2. The normalized spacial score (nSPS) is 19.8. The lowest BCUT2D eigenvalue weighted by molar-refractivity contribution is -0.0402. The Morgan fingerprint density at radius 2 is 2.18 bits per heavy atom. The average Bonchev–Trinajstić information content (AvgIpc) is 2.83. The molecule has 1 unspecified atom stereocenters. The van der Waals surface area contributed by atoms with Crippen molar-refractivity contribution in [2.75, 3.05) is 0 Å². The molecule has 1 aromatic rings. The maximum absolute atomic E-state index is 12.6. The van der Waals surface area contributed by atoms with Crippen molar-refractivity contribution in [3.05, 3.63) is 18.0 Å². The first kappa shape index (κ1) is 12.8. The third-order valence-electron chi connectivity index (χ3n) is 3.14. The molecule has 0 aliphatic heterocycles. The predicted molar refractivity (Wildman–Crippen MR) is 60.2 cm³/mol. The summed E-state index contributed by atoms with van der Waals surface area (Å²) >= 11 is 4.75. The molecule has 0 amide bonds. The van der Waals surface area contributed by atoms with Crippen molar-refractivity contribution in [1.29, 1.82) is 0 Å². The standard InChI is InChI=1S/C11H15ClF2N2O/c12-11(13,14)10(17)7-8-5-6-16(15-8)9-3-1-2-4-9/h5-6,9-10,17H,1-4,7H2. The highest BCUT2D eigenvalue weighted by atomic mass is 35.5. The molecular formula is C11H15ClF2N2O. The Hall–Kier alpha value is -0.680. The summed E-state index contributed by atoms with van der Waals surface area (Å²) in [6.07, 6.45) is 4.19. The molecule has 1 aliphatic carbocycles. The van der Waals surface area contributed by atoms with Gasteiger partial charge >= 0.3 is 5.38 Å². The van der Waals surface area contributed by atoms with Gasteiger partial charge in [0.1, 0.15) is 6.10 Å². The summed E-state index contributed by atoms with van der Waals surface area (Å²) in [5, 5.41) is 9.79. The summed E-state index contributed by atoms with van der Waals surface area (Å²) < 4.78 is 27.0. The molecule has 1 aromatic heterocycles. The van der Waals surface area contributed by atoms with Crippen LogP contribution in [0.1, 0.15) is 37.4 Å². The zero-order valence-corrected chi connectivity index (χ0v) is 10.1. The quantitative estimate of drug-likeness (QED) is 0.849. The molecule has 1 atom stereocenters. The number of rotatable bonds is 4. The van der Waals surface area contributed by atoms with Crippen LogP contribution in [0.25, 0.3) is 0 Å². The van der Waals surface area contributed by atoms with Crippen molar-refractivity contribution in [3.8, 4) is 0 Å². The molecule has 1 heterocycles. The molecule has 0 bridgehead atoms. The first-order chi connectivity index (χ1) is 7.97. The van der Waals surface area contributed by atoms with E-state index in [1.807, 2.05) is 0 Å². The van der Waals surface area contributed by atoms with Crippen molar-refractivity contribution in [1.82, 2.24) is 9.78 Å². The van der Waals surface area contributed by atoms with Crippen LogP contribution >= 0.6 is 11.6 Å². The third-order valence-corrected chi connectivity index (χ3v) is 3.39. The lowest BCUT2D eigenvalue weighted by Gasteiger charge is -2.14. The molecular weight excluding hydrogens is 250 g/mol. The smallest absolute Gasteiger partial charge is 0.347 e. The lowest BCUT2D eigenvalue weighted by Crippen LogP contribution is -2.29. The van der Waals surface area contributed by atoms with Crippen LogP contribution < -0.4 is 0 Å². The van der Waals surface area contributed by atoms with Gasteiger partial charge in [0.05, 0.1) is 11.7 Å². The van der Waals surface area contributed by atoms with Crippen molar-refractivity contribution in [2.24, 2.45) is 0 Å². The molecule has 1 fully saturated rings. The molecule has 1 N–H and O–H groups in total. The van der Waals surface area contributed by atoms with Crippen LogP contribution in [0.5, 0.6) is 0 Å². The van der Waals surface area contributed by atoms with Gasteiger partial charge in [-0.25, -0.2) is 0 Å². The van der Waals surface area contributed by atoms with E-state index in [1.54, 1.807) is 16.9 Å². The van der Waals surface area contributed by atoms with E-state index in [2.05, 4.69) is 5.10 Å². The predicted octanol–water partition coefficient (Wildman–Crippen LogP) is 2.73. The Labute approximate surface area is 103 Å². The second-order valence-electron chi connectivity index (χ2n) is 4.49. The molecule has 1 aliphatic rings. The molecule has 2 rings (SSSR count). The lowest BCUT2D eigenvalue weighted by atomic mass is 10.2. The van der Waals surface area contributed by atoms with Crippen LogP contribution in [0.15, 0.2) is 12.3 Å². The van der Waals surface area contributed by atoms with Crippen LogP contribution in [0.3, 0.4) is 0 Å². The Morgan fingerprint density at radius 3 is 2.76 bits per heavy atom. The molecule has 17 heavy (non-hydrogen) atoms. The highest BCUT2D eigenvalue weighted by Gasteiger charge is 2.36. The Morgan fingerprint density at radius 1 is 1.53 bits per heavy atom. The number of alkyl halides is 3. The highest BCUT2D eigenvalue weighted by molar-refractivity contribution is 6.22. The Bertz CT molecular complexity index is 372. The van der Waals surface area contributed by atoms with Gasteiger partial charge < -0.3 is 5.11 Å². The van der Waals surface area contributed by atoms with Gasteiger partial charge in [0.15, 0.2) is 0 Å². The molecule has 0 aromatic carbocycles. The number of hydrogen-bond donors (Lipinski definition) is 1. The van der Waals surface area contributed by atoms with Crippen molar-refractivity contribution < 1.29 is 13.9 Å². The average molecular weight is 265 g/mol. The fourth-order valence-corrected chi connectivity index (χ4v) is 2.25. The van der Waals surface area contributed by atoms with E-state index >= 15 is 0 Å². The van der Waals surface area contributed by atoms with E-state index in [0.29, 0.717) is 11.7 Å². The molecule has 0 spiro atoms. The SMILES string of the molecule is OC(Cc1ccn(C2CCCC2)n1)C(F)(F)Cl. The van der Waals surface area contributed by atoms with E-state index in [4.69, 9.17) is 11.6 Å². The molecule has 0 radical (unpaired) electrons. The maximum atomic E-state index is 12.6. The largest absolute Gasteiger partial charge is 0.385 e. The summed E-state index contributed by atoms with van der Waals surface area (Å²) in [5.74, 6) is 0. The summed E-state index contributed by atoms with van der Waals surface area (Å²) in [7, 11) is 0. The van der Waals surface area contributed by atoms with Crippen molar-refractivity contribution >= 4 is 11.6 Å². The van der Waals surface area contributed by atoms with Crippen LogP contribution in [0.4, 0.5) is 8.78 Å². The first-order valence-corrected chi connectivity index (χ1v) is 6.13. The highest BCUT2D eigenvalue weighted by Crippen LogP contribution is 2.29. The number of aliphatic hydroxyl groups is 1. The van der Waals surface area contributed by atoms with Gasteiger partial charge in [0.25, 0.3) is 0 Å². The second-order valence-corrected chi connectivity index (χ2v) is 4.99. The Kier molecular flexibility index (Phi) is 3.68. The summed E-state index contributed by atoms with van der Waals surface area (Å²) in [4.78, 5) is 0. The summed E-state index contributed by atoms with van der Waals surface area (Å²) in [6, 6.07) is 2.03. The fraction of sp³-hybridized carbons (Fsp3) is 0.727. The monoisotopic (exact) mass is 264 g/mol. The van der Waals surface area contributed by atoms with E-state index in [9.17, 15) is 13.9 Å². The van der Waals surface area contributed by atoms with E-state index in [-0.39, 0.29) is 6.42 Å². The van der Waals surface area contributed by atoms with Crippen LogP contribution in [-0.2, 0) is 6.42 Å². The molecule has 96 valence electrons. The van der Waals surface area contributed by atoms with Crippen LogP contribution in [0, 0.1) is 0 Å². The molecule has 1 saturated carbocycles. The summed E-state index contributed by atoms with van der Waals surface area (Å²) in [5.41, 5.74) is 0.449. The minimum Gasteiger partial charge on any atom is -0.385 e. The van der Waals surface area contributed by atoms with Crippen LogP contribution in [0.2, 0.25) is 0 Å². The van der Waals surface area contributed by atoms with Gasteiger partial charge in [-0.15, -0.1) is 0 Å². The van der Waals surface area contributed by atoms with E-state index < -0.39 is 11.5 Å². The minimum atomic E-state index is -3.60. The summed E-state index contributed by atoms with van der Waals surface area (Å²) in [6.45, 7) is 0. The second kappa shape index (κ2) is 4.90. The number of halogens is 3. The number of aromatic nitrogens is 2. The van der Waals surface area contributed by atoms with E-state index in [0.717, 1.165) is 12.8 Å². The van der Waals surface area contributed by atoms with Gasteiger partial charge in [-0.05, 0) is 30.5 Å². The molecule has 6 heteroatoms. The van der Waals surface area contributed by atoms with Crippen molar-refractivity contribution in [3.63, 3.8) is 0 Å². The molecule has 0 saturated heterocycles. The van der Waals surface area contributed by atoms with Crippen molar-refractivity contribution in [2.45, 2.75) is 49.6 Å². The zero-order valence-electron chi connectivity index (χ0n) is 9.32. The minimum absolute atomic E-state index is 0.226. The first-order valence-electron chi connectivity index (χ1n) is 5.75. The van der Waals surface area contributed by atoms with E-state index in [1.165, 1.54) is 12.8 Å². The molecule has 3 nitrogen and oxygen atoms in total. The van der Waals surface area contributed by atoms with Gasteiger partial charge in [0, 0.05) is 12.6 Å². The van der Waals surface area contributed by atoms with Gasteiger partial charge in [-0.3, -0.25) is 4.68 Å². The number of aliphatic hydroxyl groups excluding tert-OH is 1. The maximum Gasteiger partial charge on any atom is 0.347 e. The fourth-order valence-electron chi connectivity index (χ4n) is 2.17. The zero-order chi connectivity index (χ0) is 12.5. The number of hydrogen-bond acceptors (Lipinski definition) is 2. The van der Waals surface area contributed by atoms with Gasteiger partial charge in [-0.2, -0.15) is 13.9 Å². The van der Waals surface area contributed by atoms with Gasteiger partial charge in [0.2, 0.25) is 0 Å². The van der Waals surface area contributed by atoms with Crippen LogP contribution in [-0.4, -0.2) is 26.4 Å². The third kappa shape index (κ3) is 3.16. The van der Waals surface area contributed by atoms with Gasteiger partial charge in [-0.1, -0.05) is 12.8 Å². The topological polar surface area (TPSA) is 38.0 Å². The Balaban J connectivity index is 1.98.